The molecule has 2 nitrogen and oxygen atoms in total. The Morgan fingerprint density at radius 2 is 2.05 bits per heavy atom. The van der Waals surface area contributed by atoms with Crippen molar-refractivity contribution >= 4 is 55.9 Å². The number of hydrogen-bond acceptors (Lipinski definition) is 3. The van der Waals surface area contributed by atoms with Gasteiger partial charge in [-0.05, 0) is 46.3 Å². The Bertz CT molecular complexity index is 736. The molecule has 0 bridgehead atoms. The third-order valence-electron chi connectivity index (χ3n) is 3.16. The molecule has 0 unspecified atom stereocenters. The average molecular weight is 417 g/mol. The minimum atomic E-state index is 0.393. The quantitative estimate of drug-likeness (QED) is 0.625. The SMILES string of the molecule is Clc1ccc(COc2ccc(C3=NCCS3)cc2Br)c(Cl)c1. The predicted molar refractivity (Wildman–Crippen MR) is 98.8 cm³/mol. The van der Waals surface area contributed by atoms with Crippen LogP contribution in [0.1, 0.15) is 11.1 Å². The standard InChI is InChI=1S/C16H12BrCl2NOS/c17-13-7-10(16-20-5-6-22-16)2-4-15(13)21-9-11-1-3-12(18)8-14(11)19/h1-4,7-8H,5-6,9H2. The number of halogens is 3. The molecule has 22 heavy (non-hydrogen) atoms. The number of ether oxygens (including phenoxy) is 1. The number of thioether (sulfide) groups is 1. The van der Waals surface area contributed by atoms with Crippen molar-refractivity contribution in [1.29, 1.82) is 0 Å². The molecule has 0 fully saturated rings. The van der Waals surface area contributed by atoms with E-state index in [9.17, 15) is 0 Å². The molecule has 1 aliphatic rings. The van der Waals surface area contributed by atoms with E-state index in [1.54, 1.807) is 23.9 Å². The fourth-order valence-corrected chi connectivity index (χ4v) is 3.86. The fourth-order valence-electron chi connectivity index (χ4n) is 2.05. The summed E-state index contributed by atoms with van der Waals surface area (Å²) in [4.78, 5) is 4.48. The highest BCUT2D eigenvalue weighted by molar-refractivity contribution is 9.10. The Morgan fingerprint density at radius 1 is 1.18 bits per heavy atom. The molecule has 2 aromatic carbocycles. The Balaban J connectivity index is 1.72. The summed E-state index contributed by atoms with van der Waals surface area (Å²) in [5.74, 6) is 1.83. The van der Waals surface area contributed by atoms with Crippen LogP contribution in [0.15, 0.2) is 45.9 Å². The molecule has 0 radical (unpaired) electrons. The van der Waals surface area contributed by atoms with Gasteiger partial charge >= 0.3 is 0 Å². The van der Waals surface area contributed by atoms with Crippen LogP contribution in [0.3, 0.4) is 0 Å². The summed E-state index contributed by atoms with van der Waals surface area (Å²) < 4.78 is 6.75. The highest BCUT2D eigenvalue weighted by Gasteiger charge is 2.12. The first kappa shape index (κ1) is 16.2. The monoisotopic (exact) mass is 415 g/mol. The molecule has 2 aromatic rings. The van der Waals surface area contributed by atoms with Gasteiger partial charge in [0.25, 0.3) is 0 Å². The summed E-state index contributed by atoms with van der Waals surface area (Å²) in [6.07, 6.45) is 0. The van der Waals surface area contributed by atoms with Crippen molar-refractivity contribution in [3.05, 3.63) is 62.0 Å². The van der Waals surface area contributed by atoms with Gasteiger partial charge < -0.3 is 4.74 Å². The van der Waals surface area contributed by atoms with E-state index in [2.05, 4.69) is 20.9 Å². The van der Waals surface area contributed by atoms with Crippen molar-refractivity contribution in [3.8, 4) is 5.75 Å². The first-order chi connectivity index (χ1) is 10.6. The third kappa shape index (κ3) is 3.80. The van der Waals surface area contributed by atoms with Crippen molar-refractivity contribution in [3.63, 3.8) is 0 Å². The van der Waals surface area contributed by atoms with Crippen LogP contribution in [-0.4, -0.2) is 17.3 Å². The topological polar surface area (TPSA) is 21.6 Å². The van der Waals surface area contributed by atoms with Gasteiger partial charge in [-0.25, -0.2) is 0 Å². The summed E-state index contributed by atoms with van der Waals surface area (Å²) in [5, 5.41) is 2.32. The van der Waals surface area contributed by atoms with Crippen LogP contribution in [0.4, 0.5) is 0 Å². The maximum Gasteiger partial charge on any atom is 0.134 e. The van der Waals surface area contributed by atoms with Gasteiger partial charge in [-0.3, -0.25) is 4.99 Å². The minimum absolute atomic E-state index is 0.393. The largest absolute Gasteiger partial charge is 0.488 e. The molecule has 1 heterocycles. The molecule has 3 rings (SSSR count). The molecule has 0 saturated heterocycles. The molecule has 6 heteroatoms. The van der Waals surface area contributed by atoms with Gasteiger partial charge in [-0.1, -0.05) is 29.3 Å². The van der Waals surface area contributed by atoms with Crippen molar-refractivity contribution in [1.82, 2.24) is 0 Å². The van der Waals surface area contributed by atoms with Crippen molar-refractivity contribution in [2.75, 3.05) is 12.3 Å². The van der Waals surface area contributed by atoms with Crippen LogP contribution in [0, 0.1) is 0 Å². The molecule has 0 amide bonds. The summed E-state index contributed by atoms with van der Waals surface area (Å²) in [5.41, 5.74) is 2.02. The van der Waals surface area contributed by atoms with Gasteiger partial charge in [0.1, 0.15) is 12.4 Å². The van der Waals surface area contributed by atoms with E-state index in [1.165, 1.54) is 0 Å². The molecular formula is C16H12BrCl2NOS. The lowest BCUT2D eigenvalue weighted by Gasteiger charge is -2.11. The van der Waals surface area contributed by atoms with Gasteiger partial charge in [-0.15, -0.1) is 11.8 Å². The Labute approximate surface area is 152 Å². The highest BCUT2D eigenvalue weighted by atomic mass is 79.9. The normalized spacial score (nSPS) is 14.0. The first-order valence-electron chi connectivity index (χ1n) is 6.67. The minimum Gasteiger partial charge on any atom is -0.488 e. The van der Waals surface area contributed by atoms with Crippen molar-refractivity contribution < 1.29 is 4.74 Å². The lowest BCUT2D eigenvalue weighted by atomic mass is 10.2. The van der Waals surface area contributed by atoms with Crippen LogP contribution < -0.4 is 4.74 Å². The number of rotatable bonds is 4. The summed E-state index contributed by atoms with van der Waals surface area (Å²) in [6, 6.07) is 11.4. The van der Waals surface area contributed by atoms with E-state index in [1.807, 2.05) is 24.3 Å². The zero-order valence-corrected chi connectivity index (χ0v) is 15.4. The van der Waals surface area contributed by atoms with Gasteiger partial charge in [-0.2, -0.15) is 0 Å². The van der Waals surface area contributed by atoms with Gasteiger partial charge in [0.05, 0.1) is 9.52 Å². The lowest BCUT2D eigenvalue weighted by Crippen LogP contribution is -1.98. The highest BCUT2D eigenvalue weighted by Crippen LogP contribution is 2.30. The average Bonchev–Trinajstić information content (AvgIpc) is 3.02. The van der Waals surface area contributed by atoms with Crippen LogP contribution in [0.5, 0.6) is 5.75 Å². The molecule has 0 aromatic heterocycles. The smallest absolute Gasteiger partial charge is 0.134 e. The van der Waals surface area contributed by atoms with Crippen LogP contribution in [0.2, 0.25) is 10.0 Å². The molecule has 0 saturated carbocycles. The third-order valence-corrected chi connectivity index (χ3v) is 5.39. The lowest BCUT2D eigenvalue weighted by molar-refractivity contribution is 0.304. The molecule has 0 atom stereocenters. The molecule has 114 valence electrons. The van der Waals surface area contributed by atoms with Crippen molar-refractivity contribution in [2.45, 2.75) is 6.61 Å². The van der Waals surface area contributed by atoms with E-state index in [4.69, 9.17) is 27.9 Å². The van der Waals surface area contributed by atoms with Gasteiger partial charge in [0.15, 0.2) is 0 Å². The van der Waals surface area contributed by atoms with E-state index < -0.39 is 0 Å². The zero-order valence-electron chi connectivity index (χ0n) is 11.5. The molecule has 0 N–H and O–H groups in total. The van der Waals surface area contributed by atoms with E-state index in [0.717, 1.165) is 38.7 Å². The molecule has 0 spiro atoms. The fraction of sp³-hybridized carbons (Fsp3) is 0.188. The van der Waals surface area contributed by atoms with E-state index >= 15 is 0 Å². The zero-order chi connectivity index (χ0) is 15.5. The Hall–Kier alpha value is -0.680. The number of hydrogen-bond donors (Lipinski definition) is 0. The molecular weight excluding hydrogens is 405 g/mol. The number of aliphatic imine (C=N–C) groups is 1. The molecule has 1 aliphatic heterocycles. The second-order valence-electron chi connectivity index (χ2n) is 4.70. The van der Waals surface area contributed by atoms with Crippen LogP contribution in [0.25, 0.3) is 0 Å². The van der Waals surface area contributed by atoms with Crippen LogP contribution >= 0.6 is 50.9 Å². The van der Waals surface area contributed by atoms with Gasteiger partial charge in [0.2, 0.25) is 0 Å². The number of nitrogens with zero attached hydrogens (tertiary/aromatic N) is 1. The maximum absolute atomic E-state index is 6.15. The summed E-state index contributed by atoms with van der Waals surface area (Å²) >= 11 is 17.4. The summed E-state index contributed by atoms with van der Waals surface area (Å²) in [6.45, 7) is 1.29. The first-order valence-corrected chi connectivity index (χ1v) is 9.21. The van der Waals surface area contributed by atoms with Crippen molar-refractivity contribution in [2.24, 2.45) is 4.99 Å². The second kappa shape index (κ2) is 7.26. The van der Waals surface area contributed by atoms with E-state index in [-0.39, 0.29) is 0 Å². The summed E-state index contributed by atoms with van der Waals surface area (Å²) in [7, 11) is 0. The Kier molecular flexibility index (Phi) is 5.34. The Morgan fingerprint density at radius 3 is 2.73 bits per heavy atom. The molecule has 0 aliphatic carbocycles. The van der Waals surface area contributed by atoms with E-state index in [0.29, 0.717) is 16.7 Å². The maximum atomic E-state index is 6.15. The second-order valence-corrected chi connectivity index (χ2v) is 7.49. The van der Waals surface area contributed by atoms with Gasteiger partial charge in [0, 0.05) is 33.5 Å². The number of benzene rings is 2. The van der Waals surface area contributed by atoms with Crippen LogP contribution in [-0.2, 0) is 6.61 Å². The predicted octanol–water partition coefficient (Wildman–Crippen LogP) is 5.83.